The van der Waals surface area contributed by atoms with Crippen LogP contribution in [0.4, 0.5) is 0 Å². The number of H-pyrrole nitrogens is 1. The summed E-state index contributed by atoms with van der Waals surface area (Å²) in [6, 6.07) is 13.3. The fourth-order valence-electron chi connectivity index (χ4n) is 5.65. The lowest BCUT2D eigenvalue weighted by Gasteiger charge is -2.14. The highest BCUT2D eigenvalue weighted by Crippen LogP contribution is 2.34. The first-order valence-electron chi connectivity index (χ1n) is 13.9. The molecule has 2 aromatic carbocycles. The summed E-state index contributed by atoms with van der Waals surface area (Å²) in [7, 11) is 4.09. The zero-order valence-electron chi connectivity index (χ0n) is 23.2. The molecule has 0 unspecified atom stereocenters. The summed E-state index contributed by atoms with van der Waals surface area (Å²) in [6.45, 7) is 4.87. The summed E-state index contributed by atoms with van der Waals surface area (Å²) in [5, 5.41) is 1.60. The normalized spacial score (nSPS) is 14.7. The largest absolute Gasteiger partial charge is 0.461 e. The molecule has 1 fully saturated rings. The molecule has 0 saturated carbocycles. The first kappa shape index (κ1) is 27.6. The van der Waals surface area contributed by atoms with Crippen molar-refractivity contribution >= 4 is 51.5 Å². The highest BCUT2D eigenvalue weighted by atomic mass is 16.5. The molecule has 0 aliphatic carbocycles. The van der Waals surface area contributed by atoms with E-state index in [-0.39, 0.29) is 5.57 Å². The third kappa shape index (κ3) is 5.64. The minimum atomic E-state index is -0.411. The van der Waals surface area contributed by atoms with Crippen LogP contribution in [0.3, 0.4) is 0 Å². The van der Waals surface area contributed by atoms with Gasteiger partial charge in [0, 0.05) is 64.0 Å². The number of carbonyl (C=O) groups is 3. The summed E-state index contributed by atoms with van der Waals surface area (Å²) < 4.78 is 7.73. The van der Waals surface area contributed by atoms with Gasteiger partial charge in [0.25, 0.3) is 0 Å². The van der Waals surface area contributed by atoms with E-state index < -0.39 is 5.97 Å². The Balaban J connectivity index is 1.49. The average molecular weight is 541 g/mol. The van der Waals surface area contributed by atoms with E-state index in [1.807, 2.05) is 50.6 Å². The van der Waals surface area contributed by atoms with Crippen LogP contribution in [0.15, 0.2) is 54.9 Å². The number of aryl methyl sites for hydroxylation is 1. The van der Waals surface area contributed by atoms with Crippen molar-refractivity contribution in [3.63, 3.8) is 0 Å². The van der Waals surface area contributed by atoms with Gasteiger partial charge in [-0.15, -0.1) is 0 Å². The van der Waals surface area contributed by atoms with Crippen molar-refractivity contribution in [1.29, 1.82) is 0 Å². The number of rotatable bonds is 12. The molecule has 8 heteroatoms. The van der Waals surface area contributed by atoms with Crippen LogP contribution in [0.2, 0.25) is 0 Å². The lowest BCUT2D eigenvalue weighted by Crippen LogP contribution is -2.25. The molecule has 3 heterocycles. The standard InChI is InChI=1S/C32H36N4O4/c1-34(2)13-8-16-36-20-27(23-9-3-4-12-30(23)36)29(22-38)28(21-37)26-19-33-31-24(26)10-7-11-25(31)32(39)40-18-17-35-14-5-6-15-35/h3-4,7,9-12,19-22,33H,5-6,8,13-18H2,1-2H3/b29-28-. The second kappa shape index (κ2) is 12.4. The van der Waals surface area contributed by atoms with Crippen LogP contribution in [0.25, 0.3) is 33.0 Å². The van der Waals surface area contributed by atoms with E-state index in [0.29, 0.717) is 39.8 Å². The third-order valence-electron chi connectivity index (χ3n) is 7.67. The van der Waals surface area contributed by atoms with Crippen LogP contribution in [-0.2, 0) is 20.9 Å². The van der Waals surface area contributed by atoms with Gasteiger partial charge < -0.3 is 19.2 Å². The van der Waals surface area contributed by atoms with Gasteiger partial charge in [-0.3, -0.25) is 14.5 Å². The van der Waals surface area contributed by atoms with E-state index in [0.717, 1.165) is 62.6 Å². The van der Waals surface area contributed by atoms with E-state index in [4.69, 9.17) is 4.74 Å². The second-order valence-corrected chi connectivity index (χ2v) is 10.6. The molecule has 1 aliphatic heterocycles. The number of para-hydroxylation sites is 2. The van der Waals surface area contributed by atoms with Crippen LogP contribution < -0.4 is 0 Å². The summed E-state index contributed by atoms with van der Waals surface area (Å²) in [5.41, 5.74) is 3.88. The predicted molar refractivity (Wildman–Crippen MR) is 158 cm³/mol. The Kier molecular flexibility index (Phi) is 8.57. The van der Waals surface area contributed by atoms with Gasteiger partial charge in [-0.2, -0.15) is 0 Å². The SMILES string of the molecule is CN(C)CCCn1cc(/C(C=O)=C(/C=O)c2c[nH]c3c(C(=O)OCCN4CCCC4)cccc23)c2ccccc21. The minimum absolute atomic E-state index is 0.275. The number of aromatic amines is 1. The molecule has 5 rings (SSSR count). The highest BCUT2D eigenvalue weighted by Gasteiger charge is 2.21. The first-order valence-corrected chi connectivity index (χ1v) is 13.9. The number of allylic oxidation sites excluding steroid dienone is 2. The first-order chi connectivity index (χ1) is 19.5. The van der Waals surface area contributed by atoms with Gasteiger partial charge in [0.1, 0.15) is 6.61 Å². The topological polar surface area (TPSA) is 87.6 Å². The fraction of sp³-hybridized carbons (Fsp3) is 0.344. The van der Waals surface area contributed by atoms with E-state index >= 15 is 0 Å². The maximum Gasteiger partial charge on any atom is 0.340 e. The lowest BCUT2D eigenvalue weighted by molar-refractivity contribution is -0.105. The maximum absolute atomic E-state index is 13.0. The van der Waals surface area contributed by atoms with Gasteiger partial charge in [0.05, 0.1) is 11.1 Å². The number of aromatic nitrogens is 2. The smallest absolute Gasteiger partial charge is 0.340 e. The van der Waals surface area contributed by atoms with Crippen molar-refractivity contribution in [2.75, 3.05) is 46.9 Å². The third-order valence-corrected chi connectivity index (χ3v) is 7.67. The Bertz CT molecular complexity index is 1560. The Hall–Kier alpha value is -4.01. The average Bonchev–Trinajstić information content (AvgIpc) is 3.71. The molecule has 8 nitrogen and oxygen atoms in total. The van der Waals surface area contributed by atoms with Crippen molar-refractivity contribution in [2.24, 2.45) is 0 Å². The molecule has 0 atom stereocenters. The highest BCUT2D eigenvalue weighted by molar-refractivity contribution is 6.33. The monoisotopic (exact) mass is 540 g/mol. The van der Waals surface area contributed by atoms with Gasteiger partial charge in [-0.05, 0) is 65.1 Å². The van der Waals surface area contributed by atoms with E-state index in [9.17, 15) is 14.4 Å². The number of likely N-dealkylation sites (tertiary alicyclic amines) is 1. The van der Waals surface area contributed by atoms with Crippen molar-refractivity contribution in [3.8, 4) is 0 Å². The Morgan fingerprint density at radius 3 is 2.40 bits per heavy atom. The number of nitrogens with one attached hydrogen (secondary N) is 1. The second-order valence-electron chi connectivity index (χ2n) is 10.6. The van der Waals surface area contributed by atoms with Crippen LogP contribution in [-0.4, -0.2) is 84.8 Å². The van der Waals surface area contributed by atoms with Crippen LogP contribution in [0.1, 0.15) is 40.7 Å². The number of carbonyl (C=O) groups excluding carboxylic acids is 3. The van der Waals surface area contributed by atoms with Gasteiger partial charge in [-0.1, -0.05) is 30.3 Å². The number of hydrogen-bond donors (Lipinski definition) is 1. The van der Waals surface area contributed by atoms with Gasteiger partial charge in [-0.25, -0.2) is 4.79 Å². The van der Waals surface area contributed by atoms with Gasteiger partial charge >= 0.3 is 5.97 Å². The van der Waals surface area contributed by atoms with Crippen LogP contribution in [0.5, 0.6) is 0 Å². The lowest BCUT2D eigenvalue weighted by atomic mass is 9.95. The summed E-state index contributed by atoms with van der Waals surface area (Å²) in [5.74, 6) is -0.411. The molecule has 1 aliphatic rings. The number of fused-ring (bicyclic) bond motifs is 2. The molecule has 40 heavy (non-hydrogen) atoms. The molecule has 208 valence electrons. The zero-order valence-corrected chi connectivity index (χ0v) is 23.2. The van der Waals surface area contributed by atoms with Crippen molar-refractivity contribution in [2.45, 2.75) is 25.8 Å². The molecule has 0 bridgehead atoms. The summed E-state index contributed by atoms with van der Waals surface area (Å²) in [4.78, 5) is 45.7. The van der Waals surface area contributed by atoms with Gasteiger partial charge in [0.15, 0.2) is 12.6 Å². The molecular weight excluding hydrogens is 504 g/mol. The Labute approximate surface area is 234 Å². The minimum Gasteiger partial charge on any atom is -0.461 e. The van der Waals surface area contributed by atoms with E-state index in [1.54, 1.807) is 18.3 Å². The van der Waals surface area contributed by atoms with Crippen LogP contribution in [0, 0.1) is 0 Å². The quantitative estimate of drug-likeness (QED) is 0.160. The molecule has 1 N–H and O–H groups in total. The Morgan fingerprint density at radius 2 is 1.65 bits per heavy atom. The molecule has 2 aromatic heterocycles. The molecule has 0 radical (unpaired) electrons. The number of hydrogen-bond acceptors (Lipinski definition) is 6. The number of nitrogens with zero attached hydrogens (tertiary/aromatic N) is 3. The summed E-state index contributed by atoms with van der Waals surface area (Å²) >= 11 is 0. The molecule has 1 saturated heterocycles. The molecule has 0 spiro atoms. The van der Waals surface area contributed by atoms with Crippen molar-refractivity contribution < 1.29 is 19.1 Å². The van der Waals surface area contributed by atoms with Crippen LogP contribution >= 0.6 is 0 Å². The molecule has 4 aromatic rings. The summed E-state index contributed by atoms with van der Waals surface area (Å²) in [6.07, 6.45) is 8.46. The number of ether oxygens (including phenoxy) is 1. The van der Waals surface area contributed by atoms with Gasteiger partial charge in [0.2, 0.25) is 0 Å². The zero-order chi connectivity index (χ0) is 28.1. The number of aldehydes is 2. The molecule has 0 amide bonds. The number of esters is 1. The van der Waals surface area contributed by atoms with E-state index in [1.165, 1.54) is 12.8 Å². The number of benzene rings is 2. The van der Waals surface area contributed by atoms with Crippen molar-refractivity contribution in [3.05, 3.63) is 71.5 Å². The molecular formula is C32H36N4O4. The van der Waals surface area contributed by atoms with Crippen molar-refractivity contribution in [1.82, 2.24) is 19.4 Å². The Morgan fingerprint density at radius 1 is 0.925 bits per heavy atom. The fourth-order valence-corrected chi connectivity index (χ4v) is 5.65. The maximum atomic E-state index is 13.0. The predicted octanol–water partition coefficient (Wildman–Crippen LogP) is 4.64. The van der Waals surface area contributed by atoms with E-state index in [2.05, 4.69) is 19.4 Å².